The summed E-state index contributed by atoms with van der Waals surface area (Å²) in [6, 6.07) is 19.6. The van der Waals surface area contributed by atoms with Gasteiger partial charge in [0.15, 0.2) is 0 Å². The molecule has 0 fully saturated rings. The molecule has 3 aromatic carbocycles. The average molecular weight is 410 g/mol. The SMILES string of the molecule is COc1ccc(NC(=O)CSc2ccc(NC(=O)c3ccc(F)cc3)cc2)cc1. The molecule has 3 rings (SSSR count). The Kier molecular flexibility index (Phi) is 6.86. The lowest BCUT2D eigenvalue weighted by atomic mass is 10.2. The summed E-state index contributed by atoms with van der Waals surface area (Å²) in [6.45, 7) is 0. The third-order valence-corrected chi connectivity index (χ3v) is 4.97. The van der Waals surface area contributed by atoms with Crippen LogP contribution in [-0.4, -0.2) is 24.7 Å². The van der Waals surface area contributed by atoms with Crippen LogP contribution in [0.3, 0.4) is 0 Å². The Hall–Kier alpha value is -3.32. The lowest BCUT2D eigenvalue weighted by molar-refractivity contribution is -0.113. The van der Waals surface area contributed by atoms with Gasteiger partial charge in [-0.3, -0.25) is 9.59 Å². The number of benzene rings is 3. The minimum Gasteiger partial charge on any atom is -0.497 e. The summed E-state index contributed by atoms with van der Waals surface area (Å²) in [4.78, 5) is 25.1. The van der Waals surface area contributed by atoms with Gasteiger partial charge >= 0.3 is 0 Å². The van der Waals surface area contributed by atoms with Crippen molar-refractivity contribution < 1.29 is 18.7 Å². The molecule has 0 heterocycles. The summed E-state index contributed by atoms with van der Waals surface area (Å²) in [6.07, 6.45) is 0. The van der Waals surface area contributed by atoms with Crippen LogP contribution in [0.1, 0.15) is 10.4 Å². The fourth-order valence-electron chi connectivity index (χ4n) is 2.46. The minimum absolute atomic E-state index is 0.117. The summed E-state index contributed by atoms with van der Waals surface area (Å²) in [5, 5.41) is 5.58. The number of nitrogens with one attached hydrogen (secondary N) is 2. The second kappa shape index (κ2) is 9.75. The summed E-state index contributed by atoms with van der Waals surface area (Å²) in [7, 11) is 1.59. The first-order chi connectivity index (χ1) is 14.0. The van der Waals surface area contributed by atoms with Crippen LogP contribution < -0.4 is 15.4 Å². The zero-order valence-electron chi connectivity index (χ0n) is 15.6. The highest BCUT2D eigenvalue weighted by molar-refractivity contribution is 8.00. The Morgan fingerprint density at radius 2 is 1.45 bits per heavy atom. The number of amides is 2. The molecule has 7 heteroatoms. The van der Waals surface area contributed by atoms with E-state index in [-0.39, 0.29) is 23.4 Å². The molecule has 0 saturated carbocycles. The molecular weight excluding hydrogens is 391 g/mol. The van der Waals surface area contributed by atoms with Crippen molar-refractivity contribution in [1.29, 1.82) is 0 Å². The van der Waals surface area contributed by atoms with Gasteiger partial charge < -0.3 is 15.4 Å². The second-order valence-corrected chi connectivity index (χ2v) is 7.10. The van der Waals surface area contributed by atoms with Crippen LogP contribution in [0, 0.1) is 5.82 Å². The molecule has 0 aliphatic heterocycles. The first-order valence-corrected chi connectivity index (χ1v) is 9.76. The van der Waals surface area contributed by atoms with Crippen LogP contribution in [-0.2, 0) is 4.79 Å². The smallest absolute Gasteiger partial charge is 0.255 e. The molecule has 0 spiro atoms. The summed E-state index contributed by atoms with van der Waals surface area (Å²) in [5.41, 5.74) is 1.70. The molecule has 29 heavy (non-hydrogen) atoms. The van der Waals surface area contributed by atoms with E-state index in [9.17, 15) is 14.0 Å². The number of thioether (sulfide) groups is 1. The summed E-state index contributed by atoms with van der Waals surface area (Å²) in [5.74, 6) is 0.161. The van der Waals surface area contributed by atoms with Crippen LogP contribution in [0.2, 0.25) is 0 Å². The van der Waals surface area contributed by atoms with Gasteiger partial charge in [-0.05, 0) is 72.8 Å². The number of rotatable bonds is 7. The molecule has 2 N–H and O–H groups in total. The fraction of sp³-hybridized carbons (Fsp3) is 0.0909. The second-order valence-electron chi connectivity index (χ2n) is 6.05. The van der Waals surface area contributed by atoms with E-state index in [1.807, 2.05) is 12.1 Å². The lowest BCUT2D eigenvalue weighted by Gasteiger charge is -2.08. The zero-order valence-corrected chi connectivity index (χ0v) is 16.5. The number of halogens is 1. The van der Waals surface area contributed by atoms with E-state index in [0.717, 1.165) is 10.6 Å². The largest absolute Gasteiger partial charge is 0.497 e. The van der Waals surface area contributed by atoms with Gasteiger partial charge in [0.05, 0.1) is 12.9 Å². The van der Waals surface area contributed by atoms with E-state index >= 15 is 0 Å². The van der Waals surface area contributed by atoms with Crippen LogP contribution in [0.4, 0.5) is 15.8 Å². The summed E-state index contributed by atoms with van der Waals surface area (Å²) < 4.78 is 18.0. The fourth-order valence-corrected chi connectivity index (χ4v) is 3.16. The molecule has 5 nitrogen and oxygen atoms in total. The number of hydrogen-bond donors (Lipinski definition) is 2. The topological polar surface area (TPSA) is 67.4 Å². The first-order valence-electron chi connectivity index (χ1n) is 8.77. The number of ether oxygens (including phenoxy) is 1. The number of anilines is 2. The third-order valence-electron chi connectivity index (χ3n) is 3.96. The van der Waals surface area contributed by atoms with E-state index in [0.29, 0.717) is 16.9 Å². The van der Waals surface area contributed by atoms with Gasteiger partial charge in [-0.2, -0.15) is 0 Å². The Bertz CT molecular complexity index is 974. The monoisotopic (exact) mass is 410 g/mol. The molecule has 0 radical (unpaired) electrons. The van der Waals surface area contributed by atoms with Crippen molar-refractivity contribution in [3.05, 3.63) is 84.2 Å². The van der Waals surface area contributed by atoms with E-state index in [4.69, 9.17) is 4.74 Å². The number of hydrogen-bond acceptors (Lipinski definition) is 4. The van der Waals surface area contributed by atoms with Crippen molar-refractivity contribution in [1.82, 2.24) is 0 Å². The van der Waals surface area contributed by atoms with E-state index in [2.05, 4.69) is 10.6 Å². The molecule has 0 atom stereocenters. The Morgan fingerprint density at radius 1 is 0.862 bits per heavy atom. The Morgan fingerprint density at radius 3 is 2.07 bits per heavy atom. The molecule has 0 aliphatic rings. The van der Waals surface area contributed by atoms with Crippen molar-refractivity contribution >= 4 is 35.0 Å². The number of methoxy groups -OCH3 is 1. The average Bonchev–Trinajstić information content (AvgIpc) is 2.74. The van der Waals surface area contributed by atoms with Gasteiger partial charge in [0.1, 0.15) is 11.6 Å². The van der Waals surface area contributed by atoms with E-state index < -0.39 is 0 Å². The molecule has 0 bridgehead atoms. The van der Waals surface area contributed by atoms with Gasteiger partial charge in [0.25, 0.3) is 5.91 Å². The van der Waals surface area contributed by atoms with Crippen LogP contribution in [0.25, 0.3) is 0 Å². The van der Waals surface area contributed by atoms with Crippen LogP contribution in [0.5, 0.6) is 5.75 Å². The standard InChI is InChI=1S/C22H19FN2O3S/c1-28-19-10-6-17(7-11-19)24-21(26)14-29-20-12-8-18(9-13-20)25-22(27)15-2-4-16(23)5-3-15/h2-13H,14H2,1H3,(H,24,26)(H,25,27). The molecule has 2 amide bonds. The lowest BCUT2D eigenvalue weighted by Crippen LogP contribution is -2.14. The molecule has 0 saturated heterocycles. The van der Waals surface area contributed by atoms with Crippen molar-refractivity contribution in [3.8, 4) is 5.75 Å². The molecule has 0 aliphatic carbocycles. The maximum absolute atomic E-state index is 12.9. The highest BCUT2D eigenvalue weighted by atomic mass is 32.2. The molecule has 0 aromatic heterocycles. The normalized spacial score (nSPS) is 10.3. The minimum atomic E-state index is -0.390. The highest BCUT2D eigenvalue weighted by Crippen LogP contribution is 2.21. The molecule has 0 unspecified atom stereocenters. The van der Waals surface area contributed by atoms with Gasteiger partial charge in [-0.1, -0.05) is 0 Å². The van der Waals surface area contributed by atoms with Gasteiger partial charge in [-0.15, -0.1) is 11.8 Å². The Labute approximate surface area is 172 Å². The third kappa shape index (κ3) is 6.08. The number of carbonyl (C=O) groups excluding carboxylic acids is 2. The van der Waals surface area contributed by atoms with Crippen molar-refractivity contribution in [2.24, 2.45) is 0 Å². The van der Waals surface area contributed by atoms with Crippen molar-refractivity contribution in [2.45, 2.75) is 4.90 Å². The maximum atomic E-state index is 12.9. The van der Waals surface area contributed by atoms with E-state index in [1.54, 1.807) is 43.5 Å². The van der Waals surface area contributed by atoms with E-state index in [1.165, 1.54) is 36.0 Å². The first kappa shape index (κ1) is 20.4. The van der Waals surface area contributed by atoms with Gasteiger partial charge in [-0.25, -0.2) is 4.39 Å². The van der Waals surface area contributed by atoms with Crippen molar-refractivity contribution in [2.75, 3.05) is 23.5 Å². The Balaban J connectivity index is 1.48. The predicted molar refractivity (Wildman–Crippen MR) is 113 cm³/mol. The molecule has 3 aromatic rings. The molecule has 148 valence electrons. The number of carbonyl (C=O) groups is 2. The van der Waals surface area contributed by atoms with Crippen LogP contribution in [0.15, 0.2) is 77.7 Å². The van der Waals surface area contributed by atoms with Crippen LogP contribution >= 0.6 is 11.8 Å². The highest BCUT2D eigenvalue weighted by Gasteiger charge is 2.07. The van der Waals surface area contributed by atoms with Gasteiger partial charge in [0.2, 0.25) is 5.91 Å². The predicted octanol–water partition coefficient (Wildman–Crippen LogP) is 4.82. The quantitative estimate of drug-likeness (QED) is 0.548. The molecular formula is C22H19FN2O3S. The van der Waals surface area contributed by atoms with Crippen molar-refractivity contribution in [3.63, 3.8) is 0 Å². The van der Waals surface area contributed by atoms with Gasteiger partial charge in [0, 0.05) is 21.8 Å². The maximum Gasteiger partial charge on any atom is 0.255 e. The summed E-state index contributed by atoms with van der Waals surface area (Å²) >= 11 is 1.39. The zero-order chi connectivity index (χ0) is 20.6.